The zero-order valence-corrected chi connectivity index (χ0v) is 13.8. The van der Waals surface area contributed by atoms with Crippen molar-refractivity contribution >= 4 is 22.4 Å². The third-order valence-corrected chi connectivity index (χ3v) is 4.75. The van der Waals surface area contributed by atoms with Crippen molar-refractivity contribution in [2.24, 2.45) is 5.92 Å². The summed E-state index contributed by atoms with van der Waals surface area (Å²) in [5.74, 6) is 0.711. The number of anilines is 1. The molecule has 1 fully saturated rings. The van der Waals surface area contributed by atoms with Crippen LogP contribution in [0.5, 0.6) is 0 Å². The number of carbonyl (C=O) groups is 1. The standard InChI is InChI=1S/C15H26N4OS/c1-3-6-16-15-18-10-14(21-15)11-19-7-4-13(5-8-19)9-17-12(2)20/h10,13H,3-9,11H2,1-2H3,(H,16,18)(H,17,20). The first-order chi connectivity index (χ1) is 10.2. The van der Waals surface area contributed by atoms with Gasteiger partial charge in [0, 0.05) is 37.6 Å². The third kappa shape index (κ3) is 5.63. The summed E-state index contributed by atoms with van der Waals surface area (Å²) in [5.41, 5.74) is 0. The Balaban J connectivity index is 1.70. The maximum Gasteiger partial charge on any atom is 0.216 e. The number of hydrogen-bond donors (Lipinski definition) is 2. The van der Waals surface area contributed by atoms with Gasteiger partial charge in [-0.1, -0.05) is 6.92 Å². The number of thiazole rings is 1. The molecule has 0 aromatic carbocycles. The minimum atomic E-state index is 0.0780. The second-order valence-corrected chi connectivity index (χ2v) is 6.83. The lowest BCUT2D eigenvalue weighted by atomic mass is 9.97. The van der Waals surface area contributed by atoms with Crippen LogP contribution in [0.25, 0.3) is 0 Å². The minimum Gasteiger partial charge on any atom is -0.362 e. The molecule has 2 heterocycles. The second kappa shape index (κ2) is 8.34. The van der Waals surface area contributed by atoms with E-state index in [1.807, 2.05) is 6.20 Å². The van der Waals surface area contributed by atoms with Crippen LogP contribution >= 0.6 is 11.3 Å². The fourth-order valence-electron chi connectivity index (χ4n) is 2.55. The number of piperidine rings is 1. The van der Waals surface area contributed by atoms with Crippen molar-refractivity contribution in [3.8, 4) is 0 Å². The van der Waals surface area contributed by atoms with Gasteiger partial charge < -0.3 is 10.6 Å². The van der Waals surface area contributed by atoms with Gasteiger partial charge in [0.2, 0.25) is 5.91 Å². The van der Waals surface area contributed by atoms with Crippen LogP contribution in [0.3, 0.4) is 0 Å². The summed E-state index contributed by atoms with van der Waals surface area (Å²) in [4.78, 5) is 19.2. The van der Waals surface area contributed by atoms with Crippen LogP contribution in [-0.2, 0) is 11.3 Å². The highest BCUT2D eigenvalue weighted by Crippen LogP contribution is 2.23. The Bertz CT molecular complexity index is 441. The molecular formula is C15H26N4OS. The molecule has 6 heteroatoms. The molecule has 0 radical (unpaired) electrons. The van der Waals surface area contributed by atoms with Crippen molar-refractivity contribution in [3.05, 3.63) is 11.1 Å². The highest BCUT2D eigenvalue weighted by atomic mass is 32.1. The number of nitrogens with zero attached hydrogens (tertiary/aromatic N) is 2. The summed E-state index contributed by atoms with van der Waals surface area (Å²) in [6.07, 6.45) is 5.45. The molecule has 0 spiro atoms. The third-order valence-electron chi connectivity index (χ3n) is 3.81. The van der Waals surface area contributed by atoms with Gasteiger partial charge in [0.25, 0.3) is 0 Å². The molecule has 5 nitrogen and oxygen atoms in total. The van der Waals surface area contributed by atoms with E-state index in [0.29, 0.717) is 5.92 Å². The quantitative estimate of drug-likeness (QED) is 0.811. The first-order valence-corrected chi connectivity index (χ1v) is 8.64. The van der Waals surface area contributed by atoms with Crippen LogP contribution in [0, 0.1) is 5.92 Å². The van der Waals surface area contributed by atoms with Crippen molar-refractivity contribution in [2.45, 2.75) is 39.7 Å². The molecule has 1 aromatic rings. The molecular weight excluding hydrogens is 284 g/mol. The number of hydrogen-bond acceptors (Lipinski definition) is 5. The molecule has 2 N–H and O–H groups in total. The van der Waals surface area contributed by atoms with E-state index in [2.05, 4.69) is 27.4 Å². The first-order valence-electron chi connectivity index (χ1n) is 7.82. The summed E-state index contributed by atoms with van der Waals surface area (Å²) in [6.45, 7) is 8.78. The van der Waals surface area contributed by atoms with Gasteiger partial charge in [-0.15, -0.1) is 11.3 Å². The SMILES string of the molecule is CCCNc1ncc(CN2CCC(CNC(C)=O)CC2)s1. The van der Waals surface area contributed by atoms with Gasteiger partial charge in [0.05, 0.1) is 0 Å². The maximum atomic E-state index is 10.9. The van der Waals surface area contributed by atoms with Crippen molar-refractivity contribution < 1.29 is 4.79 Å². The largest absolute Gasteiger partial charge is 0.362 e. The minimum absolute atomic E-state index is 0.0780. The molecule has 0 saturated carbocycles. The van der Waals surface area contributed by atoms with E-state index >= 15 is 0 Å². The molecule has 21 heavy (non-hydrogen) atoms. The number of aromatic nitrogens is 1. The highest BCUT2D eigenvalue weighted by molar-refractivity contribution is 7.15. The first kappa shape index (κ1) is 16.2. The number of likely N-dealkylation sites (tertiary alicyclic amines) is 1. The van der Waals surface area contributed by atoms with Crippen LogP contribution in [-0.4, -0.2) is 42.0 Å². The molecule has 0 aliphatic carbocycles. The lowest BCUT2D eigenvalue weighted by molar-refractivity contribution is -0.119. The number of nitrogens with one attached hydrogen (secondary N) is 2. The summed E-state index contributed by atoms with van der Waals surface area (Å²) in [6, 6.07) is 0. The highest BCUT2D eigenvalue weighted by Gasteiger charge is 2.19. The Hall–Kier alpha value is -1.14. The van der Waals surface area contributed by atoms with Gasteiger partial charge in [-0.25, -0.2) is 4.98 Å². The van der Waals surface area contributed by atoms with Crippen LogP contribution in [0.15, 0.2) is 6.20 Å². The average Bonchev–Trinajstić information content (AvgIpc) is 2.92. The Labute approximate surface area is 131 Å². The average molecular weight is 310 g/mol. The van der Waals surface area contributed by atoms with Gasteiger partial charge in [0.1, 0.15) is 0 Å². The topological polar surface area (TPSA) is 57.3 Å². The second-order valence-electron chi connectivity index (χ2n) is 5.72. The van der Waals surface area contributed by atoms with E-state index in [4.69, 9.17) is 0 Å². The number of amides is 1. The van der Waals surface area contributed by atoms with Crippen LogP contribution in [0.1, 0.15) is 38.0 Å². The lowest BCUT2D eigenvalue weighted by Gasteiger charge is -2.31. The van der Waals surface area contributed by atoms with Gasteiger partial charge in [-0.05, 0) is 38.3 Å². The fourth-order valence-corrected chi connectivity index (χ4v) is 3.43. The molecule has 1 amide bonds. The molecule has 0 atom stereocenters. The van der Waals surface area contributed by atoms with Crippen LogP contribution in [0.4, 0.5) is 5.13 Å². The van der Waals surface area contributed by atoms with Crippen molar-refractivity contribution in [2.75, 3.05) is 31.5 Å². The molecule has 1 aromatic heterocycles. The van der Waals surface area contributed by atoms with Gasteiger partial charge in [-0.3, -0.25) is 9.69 Å². The van der Waals surface area contributed by atoms with Crippen molar-refractivity contribution in [1.29, 1.82) is 0 Å². The lowest BCUT2D eigenvalue weighted by Crippen LogP contribution is -2.37. The van der Waals surface area contributed by atoms with E-state index in [0.717, 1.165) is 44.3 Å². The Morgan fingerprint density at radius 2 is 2.24 bits per heavy atom. The van der Waals surface area contributed by atoms with Crippen LogP contribution in [0.2, 0.25) is 0 Å². The Morgan fingerprint density at radius 1 is 1.48 bits per heavy atom. The number of carbonyl (C=O) groups excluding carboxylic acids is 1. The normalized spacial score (nSPS) is 16.9. The molecule has 1 aliphatic rings. The van der Waals surface area contributed by atoms with Crippen LogP contribution < -0.4 is 10.6 Å². The molecule has 0 unspecified atom stereocenters. The Kier molecular flexibility index (Phi) is 6.45. The molecule has 1 aliphatic heterocycles. The Morgan fingerprint density at radius 3 is 2.90 bits per heavy atom. The van der Waals surface area contributed by atoms with E-state index in [-0.39, 0.29) is 5.91 Å². The van der Waals surface area contributed by atoms with E-state index in [1.54, 1.807) is 18.3 Å². The van der Waals surface area contributed by atoms with E-state index < -0.39 is 0 Å². The van der Waals surface area contributed by atoms with Crippen molar-refractivity contribution in [1.82, 2.24) is 15.2 Å². The summed E-state index contributed by atoms with van der Waals surface area (Å²) < 4.78 is 0. The zero-order valence-electron chi connectivity index (χ0n) is 13.0. The maximum absolute atomic E-state index is 10.9. The van der Waals surface area contributed by atoms with Crippen molar-refractivity contribution in [3.63, 3.8) is 0 Å². The predicted octanol–water partition coefficient (Wildman–Crippen LogP) is 2.31. The summed E-state index contributed by atoms with van der Waals surface area (Å²) in [7, 11) is 0. The summed E-state index contributed by atoms with van der Waals surface area (Å²) >= 11 is 1.76. The predicted molar refractivity (Wildman–Crippen MR) is 87.6 cm³/mol. The van der Waals surface area contributed by atoms with Gasteiger partial charge in [-0.2, -0.15) is 0 Å². The smallest absolute Gasteiger partial charge is 0.216 e. The fraction of sp³-hybridized carbons (Fsp3) is 0.733. The molecule has 118 valence electrons. The van der Waals surface area contributed by atoms with Gasteiger partial charge >= 0.3 is 0 Å². The van der Waals surface area contributed by atoms with Gasteiger partial charge in [0.15, 0.2) is 5.13 Å². The molecule has 2 rings (SSSR count). The van der Waals surface area contributed by atoms with E-state index in [1.165, 1.54) is 17.7 Å². The monoisotopic (exact) mass is 310 g/mol. The summed E-state index contributed by atoms with van der Waals surface area (Å²) in [5, 5.41) is 7.30. The molecule has 0 bridgehead atoms. The number of rotatable bonds is 7. The van der Waals surface area contributed by atoms with E-state index in [9.17, 15) is 4.79 Å². The zero-order chi connectivity index (χ0) is 15.1. The molecule has 1 saturated heterocycles.